The zero-order valence-electron chi connectivity index (χ0n) is 12.0. The predicted molar refractivity (Wildman–Crippen MR) is 86.1 cm³/mol. The van der Waals surface area contributed by atoms with Gasteiger partial charge >= 0.3 is 0 Å². The average molecular weight is 311 g/mol. The Morgan fingerprint density at radius 2 is 1.77 bits per heavy atom. The normalized spacial score (nSPS) is 13.0. The highest BCUT2D eigenvalue weighted by molar-refractivity contribution is 7.98. The van der Waals surface area contributed by atoms with Gasteiger partial charge in [-0.25, -0.2) is 4.39 Å². The number of halogens is 1. The van der Waals surface area contributed by atoms with E-state index in [0.717, 1.165) is 23.1 Å². The Kier molecular flexibility index (Phi) is 4.82. The average Bonchev–Trinajstić information content (AvgIpc) is 2.56. The molecule has 0 saturated heterocycles. The summed E-state index contributed by atoms with van der Waals surface area (Å²) < 4.78 is 13.4. The van der Waals surface area contributed by atoms with Crippen LogP contribution in [0.3, 0.4) is 0 Å². The van der Waals surface area contributed by atoms with Gasteiger partial charge in [0.05, 0.1) is 17.7 Å². The van der Waals surface area contributed by atoms with E-state index in [2.05, 4.69) is 6.07 Å². The largest absolute Gasteiger partial charge is 0.276 e. The standard InChI is InChI=1S/C17H14FN3S/c1-17(11-20,22-21)9-15-7-6-14(8-16(15)18)13-4-2-12(10-19)3-5-13/h2-8H,9,21H2,1H3/t17-/m1/s1. The van der Waals surface area contributed by atoms with Crippen LogP contribution >= 0.6 is 11.9 Å². The summed E-state index contributed by atoms with van der Waals surface area (Å²) in [6.07, 6.45) is 0.240. The fourth-order valence-corrected chi connectivity index (χ4v) is 2.37. The van der Waals surface area contributed by atoms with Gasteiger partial charge in [-0.05, 0) is 41.8 Å². The lowest BCUT2D eigenvalue weighted by Gasteiger charge is -2.18. The maximum absolute atomic E-state index is 14.3. The summed E-state index contributed by atoms with van der Waals surface area (Å²) in [5.74, 6) is -0.364. The second-order valence-electron chi connectivity index (χ2n) is 5.13. The minimum Gasteiger partial charge on any atom is -0.276 e. The molecule has 0 bridgehead atoms. The molecule has 0 radical (unpaired) electrons. The maximum Gasteiger partial charge on any atom is 0.127 e. The maximum atomic E-state index is 14.3. The van der Waals surface area contributed by atoms with Gasteiger partial charge in [0.1, 0.15) is 10.6 Å². The molecule has 2 N–H and O–H groups in total. The number of hydrogen-bond acceptors (Lipinski definition) is 4. The molecule has 0 saturated carbocycles. The lowest BCUT2D eigenvalue weighted by Crippen LogP contribution is -2.23. The molecule has 0 aromatic heterocycles. The van der Waals surface area contributed by atoms with Crippen molar-refractivity contribution in [2.75, 3.05) is 0 Å². The van der Waals surface area contributed by atoms with Crippen LogP contribution in [-0.2, 0) is 6.42 Å². The highest BCUT2D eigenvalue weighted by Crippen LogP contribution is 2.28. The van der Waals surface area contributed by atoms with Gasteiger partial charge in [-0.3, -0.25) is 5.14 Å². The molecule has 0 aliphatic carbocycles. The van der Waals surface area contributed by atoms with Crippen molar-refractivity contribution in [1.82, 2.24) is 0 Å². The quantitative estimate of drug-likeness (QED) is 0.872. The van der Waals surface area contributed by atoms with Gasteiger partial charge in [0, 0.05) is 6.42 Å². The van der Waals surface area contributed by atoms with Crippen molar-refractivity contribution in [2.45, 2.75) is 18.1 Å². The van der Waals surface area contributed by atoms with Crippen LogP contribution in [0, 0.1) is 28.5 Å². The summed E-state index contributed by atoms with van der Waals surface area (Å²) in [6.45, 7) is 1.69. The van der Waals surface area contributed by atoms with E-state index in [1.54, 1.807) is 43.3 Å². The van der Waals surface area contributed by atoms with Crippen molar-refractivity contribution in [3.63, 3.8) is 0 Å². The molecule has 5 heteroatoms. The zero-order valence-corrected chi connectivity index (χ0v) is 12.8. The van der Waals surface area contributed by atoms with E-state index in [-0.39, 0.29) is 12.2 Å². The van der Waals surface area contributed by atoms with Crippen molar-refractivity contribution in [2.24, 2.45) is 5.14 Å². The van der Waals surface area contributed by atoms with Crippen LogP contribution in [0.2, 0.25) is 0 Å². The van der Waals surface area contributed by atoms with Crippen LogP contribution in [0.25, 0.3) is 11.1 Å². The summed E-state index contributed by atoms with van der Waals surface area (Å²) in [4.78, 5) is 0. The highest BCUT2D eigenvalue weighted by atomic mass is 32.2. The number of benzene rings is 2. The lowest BCUT2D eigenvalue weighted by molar-refractivity contribution is 0.601. The SMILES string of the molecule is C[C@](C#N)(Cc1ccc(-c2ccc(C#N)cc2)cc1F)SN. The fraction of sp³-hybridized carbons (Fsp3) is 0.176. The summed E-state index contributed by atoms with van der Waals surface area (Å²) in [6, 6.07) is 16.0. The number of nitrogens with two attached hydrogens (primary N) is 1. The minimum absolute atomic E-state index is 0.240. The van der Waals surface area contributed by atoms with Gasteiger partial charge in [0.25, 0.3) is 0 Å². The van der Waals surface area contributed by atoms with Crippen LogP contribution < -0.4 is 5.14 Å². The molecule has 0 spiro atoms. The van der Waals surface area contributed by atoms with Crippen molar-refractivity contribution < 1.29 is 4.39 Å². The van der Waals surface area contributed by atoms with Gasteiger partial charge in [0.15, 0.2) is 0 Å². The number of rotatable bonds is 4. The third kappa shape index (κ3) is 3.46. The van der Waals surface area contributed by atoms with E-state index in [9.17, 15) is 4.39 Å². The second kappa shape index (κ2) is 6.62. The van der Waals surface area contributed by atoms with E-state index >= 15 is 0 Å². The van der Waals surface area contributed by atoms with Gasteiger partial charge < -0.3 is 0 Å². The number of hydrogen-bond donors (Lipinski definition) is 1. The summed E-state index contributed by atoms with van der Waals surface area (Å²) in [5.41, 5.74) is 2.58. The highest BCUT2D eigenvalue weighted by Gasteiger charge is 2.25. The molecular formula is C17H14FN3S. The molecular weight excluding hydrogens is 297 g/mol. The van der Waals surface area contributed by atoms with E-state index in [1.807, 2.05) is 6.07 Å². The number of nitriles is 2. The Morgan fingerprint density at radius 1 is 1.14 bits per heavy atom. The van der Waals surface area contributed by atoms with Crippen LogP contribution in [-0.4, -0.2) is 4.75 Å². The van der Waals surface area contributed by atoms with Crippen molar-refractivity contribution >= 4 is 11.9 Å². The molecule has 0 aliphatic heterocycles. The Morgan fingerprint density at radius 3 is 2.27 bits per heavy atom. The third-order valence-electron chi connectivity index (χ3n) is 3.42. The van der Waals surface area contributed by atoms with Crippen LogP contribution in [0.4, 0.5) is 4.39 Å². The van der Waals surface area contributed by atoms with E-state index in [0.29, 0.717) is 11.1 Å². The molecule has 2 rings (SSSR count). The number of nitrogens with zero attached hydrogens (tertiary/aromatic N) is 2. The molecule has 0 amide bonds. The molecule has 1 atom stereocenters. The van der Waals surface area contributed by atoms with Gasteiger partial charge in [-0.1, -0.05) is 36.2 Å². The van der Waals surface area contributed by atoms with Gasteiger partial charge in [-0.15, -0.1) is 0 Å². The molecule has 2 aromatic rings. The lowest BCUT2D eigenvalue weighted by atomic mass is 9.97. The fourth-order valence-electron chi connectivity index (χ4n) is 2.08. The Balaban J connectivity index is 2.30. The predicted octanol–water partition coefficient (Wildman–Crippen LogP) is 3.80. The molecule has 0 unspecified atom stereocenters. The molecule has 110 valence electrons. The molecule has 0 fully saturated rings. The zero-order chi connectivity index (χ0) is 16.2. The second-order valence-corrected chi connectivity index (χ2v) is 6.27. The minimum atomic E-state index is -0.850. The smallest absolute Gasteiger partial charge is 0.127 e. The molecule has 2 aromatic carbocycles. The molecule has 0 aliphatic rings. The summed E-state index contributed by atoms with van der Waals surface area (Å²) in [7, 11) is 0. The van der Waals surface area contributed by atoms with E-state index < -0.39 is 4.75 Å². The first kappa shape index (κ1) is 16.0. The van der Waals surface area contributed by atoms with Crippen molar-refractivity contribution in [1.29, 1.82) is 10.5 Å². The third-order valence-corrected chi connectivity index (χ3v) is 4.18. The van der Waals surface area contributed by atoms with Crippen LogP contribution in [0.15, 0.2) is 42.5 Å². The Bertz CT molecular complexity index is 759. The Labute approximate surface area is 133 Å². The first-order valence-corrected chi connectivity index (χ1v) is 7.47. The molecule has 0 heterocycles. The summed E-state index contributed by atoms with van der Waals surface area (Å²) >= 11 is 0.922. The van der Waals surface area contributed by atoms with Gasteiger partial charge in [0.2, 0.25) is 0 Å². The molecule has 3 nitrogen and oxygen atoms in total. The topological polar surface area (TPSA) is 73.6 Å². The van der Waals surface area contributed by atoms with E-state index in [4.69, 9.17) is 15.7 Å². The Hall–Kier alpha value is -2.34. The monoisotopic (exact) mass is 311 g/mol. The van der Waals surface area contributed by atoms with E-state index in [1.165, 1.54) is 6.07 Å². The van der Waals surface area contributed by atoms with Crippen molar-refractivity contribution in [3.8, 4) is 23.3 Å². The summed E-state index contributed by atoms with van der Waals surface area (Å²) in [5, 5.41) is 23.4. The molecule has 22 heavy (non-hydrogen) atoms. The van der Waals surface area contributed by atoms with Crippen molar-refractivity contribution in [3.05, 3.63) is 59.4 Å². The van der Waals surface area contributed by atoms with Gasteiger partial charge in [-0.2, -0.15) is 10.5 Å². The van der Waals surface area contributed by atoms with Crippen LogP contribution in [0.5, 0.6) is 0 Å². The first-order valence-electron chi connectivity index (χ1n) is 6.59. The first-order chi connectivity index (χ1) is 10.5. The van der Waals surface area contributed by atoms with Crippen LogP contribution in [0.1, 0.15) is 18.1 Å².